The quantitative estimate of drug-likeness (QED) is 0.737. The number of pyridine rings is 1. The maximum atomic E-state index is 12.9. The monoisotopic (exact) mass is 349 g/mol. The largest absolute Gasteiger partial charge is 0.360 e. The Morgan fingerprint density at radius 3 is 2.64 bits per heavy atom. The van der Waals surface area contributed by atoms with Gasteiger partial charge in [0.1, 0.15) is 0 Å². The second-order valence-electron chi connectivity index (χ2n) is 5.96. The van der Waals surface area contributed by atoms with Crippen LogP contribution in [0.5, 0.6) is 0 Å². The van der Waals surface area contributed by atoms with Crippen molar-refractivity contribution in [3.63, 3.8) is 0 Å². The number of hydrogen-bond donors (Lipinski definition) is 1. The first-order valence-electron chi connectivity index (χ1n) is 8.01. The molecule has 4 nitrogen and oxygen atoms in total. The molecule has 2 aromatic carbocycles. The molecule has 0 unspecified atom stereocenters. The van der Waals surface area contributed by atoms with Crippen molar-refractivity contribution in [2.45, 2.75) is 13.1 Å². The Bertz CT molecular complexity index is 943. The Hall–Kier alpha value is -2.85. The summed E-state index contributed by atoms with van der Waals surface area (Å²) in [5.74, 6) is -0.0648. The smallest absolute Gasteiger partial charge is 0.262 e. The number of anilines is 2. The lowest BCUT2D eigenvalue weighted by atomic mass is 10.2. The molecule has 3 aromatic rings. The van der Waals surface area contributed by atoms with E-state index in [0.29, 0.717) is 16.3 Å². The fourth-order valence-corrected chi connectivity index (χ4v) is 3.19. The van der Waals surface area contributed by atoms with Crippen LogP contribution in [0.3, 0.4) is 0 Å². The number of para-hydroxylation sites is 1. The Labute approximate surface area is 151 Å². The number of amides is 1. The molecule has 1 atom stereocenters. The molecular weight excluding hydrogens is 334 g/mol. The molecule has 4 rings (SSSR count). The first-order chi connectivity index (χ1) is 12.1. The van der Waals surface area contributed by atoms with Crippen LogP contribution < -0.4 is 10.2 Å². The molecule has 0 bridgehead atoms. The predicted octanol–water partition coefficient (Wildman–Crippen LogP) is 4.81. The molecular formula is C20H16ClN3O. The van der Waals surface area contributed by atoms with Gasteiger partial charge >= 0.3 is 0 Å². The van der Waals surface area contributed by atoms with Gasteiger partial charge in [-0.2, -0.15) is 0 Å². The molecule has 1 N–H and O–H groups in total. The van der Waals surface area contributed by atoms with Crippen LogP contribution in [-0.2, 0) is 0 Å². The summed E-state index contributed by atoms with van der Waals surface area (Å²) in [5.41, 5.74) is 4.00. The third kappa shape index (κ3) is 2.75. The lowest BCUT2D eigenvalue weighted by Crippen LogP contribution is -2.32. The second kappa shape index (κ2) is 6.22. The van der Waals surface area contributed by atoms with Crippen molar-refractivity contribution in [3.05, 3.63) is 88.7 Å². The summed E-state index contributed by atoms with van der Waals surface area (Å²) in [6.45, 7) is 1.96. The Kier molecular flexibility index (Phi) is 3.90. The number of carbonyl (C=O) groups is 1. The third-order valence-electron chi connectivity index (χ3n) is 4.31. The summed E-state index contributed by atoms with van der Waals surface area (Å²) >= 11 is 6.25. The number of hydrogen-bond acceptors (Lipinski definition) is 3. The summed E-state index contributed by atoms with van der Waals surface area (Å²) in [6, 6.07) is 19.0. The maximum Gasteiger partial charge on any atom is 0.262 e. The van der Waals surface area contributed by atoms with Gasteiger partial charge in [0.15, 0.2) is 6.17 Å². The van der Waals surface area contributed by atoms with Gasteiger partial charge in [-0.05, 0) is 48.9 Å². The highest BCUT2D eigenvalue weighted by Crippen LogP contribution is 2.37. The van der Waals surface area contributed by atoms with E-state index in [4.69, 9.17) is 11.6 Å². The number of benzene rings is 2. The molecule has 2 heterocycles. The van der Waals surface area contributed by atoms with E-state index in [0.717, 1.165) is 16.9 Å². The Morgan fingerprint density at radius 2 is 1.88 bits per heavy atom. The van der Waals surface area contributed by atoms with Crippen molar-refractivity contribution >= 4 is 28.9 Å². The number of carbonyl (C=O) groups excluding carboxylic acids is 1. The number of nitrogens with zero attached hydrogens (tertiary/aromatic N) is 2. The molecule has 5 heteroatoms. The summed E-state index contributed by atoms with van der Waals surface area (Å²) in [4.78, 5) is 19.1. The van der Waals surface area contributed by atoms with Crippen LogP contribution in [-0.4, -0.2) is 10.9 Å². The minimum Gasteiger partial charge on any atom is -0.360 e. The first-order valence-corrected chi connectivity index (χ1v) is 8.39. The summed E-state index contributed by atoms with van der Waals surface area (Å²) in [5, 5.41) is 4.08. The standard InChI is InChI=1S/C20H16ClN3O/c1-13-9-10-14(12-17(13)21)23-19-18-16(8-5-11-22-18)20(25)24(19)15-6-3-2-4-7-15/h2-12,19,23H,1H3/t19-/m1/s1. The van der Waals surface area contributed by atoms with E-state index >= 15 is 0 Å². The zero-order valence-electron chi connectivity index (χ0n) is 13.6. The van der Waals surface area contributed by atoms with E-state index < -0.39 is 0 Å². The third-order valence-corrected chi connectivity index (χ3v) is 4.72. The van der Waals surface area contributed by atoms with E-state index in [1.807, 2.05) is 61.5 Å². The number of nitrogens with one attached hydrogen (secondary N) is 1. The number of aryl methyl sites for hydroxylation is 1. The van der Waals surface area contributed by atoms with E-state index in [-0.39, 0.29) is 12.1 Å². The van der Waals surface area contributed by atoms with Gasteiger partial charge in [-0.1, -0.05) is 35.9 Å². The number of halogens is 1. The van der Waals surface area contributed by atoms with Crippen LogP contribution in [0.15, 0.2) is 66.9 Å². The van der Waals surface area contributed by atoms with E-state index in [1.165, 1.54) is 0 Å². The van der Waals surface area contributed by atoms with Crippen LogP contribution in [0.4, 0.5) is 11.4 Å². The van der Waals surface area contributed by atoms with E-state index in [9.17, 15) is 4.79 Å². The molecule has 124 valence electrons. The maximum absolute atomic E-state index is 12.9. The molecule has 0 saturated carbocycles. The normalized spacial score (nSPS) is 16.0. The molecule has 0 spiro atoms. The van der Waals surface area contributed by atoms with Gasteiger partial charge in [-0.3, -0.25) is 14.7 Å². The van der Waals surface area contributed by atoms with Crippen molar-refractivity contribution in [2.75, 3.05) is 10.2 Å². The fraction of sp³-hybridized carbons (Fsp3) is 0.100. The van der Waals surface area contributed by atoms with Crippen LogP contribution in [0.25, 0.3) is 0 Å². The summed E-state index contributed by atoms with van der Waals surface area (Å²) < 4.78 is 0. The molecule has 0 radical (unpaired) electrons. The fourth-order valence-electron chi connectivity index (χ4n) is 3.01. The highest BCUT2D eigenvalue weighted by Gasteiger charge is 2.38. The van der Waals surface area contributed by atoms with Crippen molar-refractivity contribution in [1.82, 2.24) is 4.98 Å². The van der Waals surface area contributed by atoms with Crippen LogP contribution >= 0.6 is 11.6 Å². The summed E-state index contributed by atoms with van der Waals surface area (Å²) in [7, 11) is 0. The van der Waals surface area contributed by atoms with Crippen LogP contribution in [0, 0.1) is 6.92 Å². The molecule has 1 aliphatic rings. The molecule has 1 aliphatic heterocycles. The number of rotatable bonds is 3. The predicted molar refractivity (Wildman–Crippen MR) is 100 cm³/mol. The zero-order chi connectivity index (χ0) is 17.4. The number of fused-ring (bicyclic) bond motifs is 1. The number of aromatic nitrogens is 1. The minimum absolute atomic E-state index is 0.0648. The topological polar surface area (TPSA) is 45.2 Å². The van der Waals surface area contributed by atoms with Crippen molar-refractivity contribution < 1.29 is 4.79 Å². The van der Waals surface area contributed by atoms with Gasteiger partial charge < -0.3 is 5.32 Å². The zero-order valence-corrected chi connectivity index (χ0v) is 14.4. The first kappa shape index (κ1) is 15.7. The second-order valence-corrected chi connectivity index (χ2v) is 6.36. The van der Waals surface area contributed by atoms with Gasteiger partial charge in [0.2, 0.25) is 0 Å². The van der Waals surface area contributed by atoms with Crippen LogP contribution in [0.1, 0.15) is 27.8 Å². The lowest BCUT2D eigenvalue weighted by molar-refractivity contribution is 0.0993. The average Bonchev–Trinajstić information content (AvgIpc) is 2.91. The summed E-state index contributed by atoms with van der Waals surface area (Å²) in [6.07, 6.45) is 1.32. The van der Waals surface area contributed by atoms with Crippen molar-refractivity contribution in [3.8, 4) is 0 Å². The van der Waals surface area contributed by atoms with Gasteiger partial charge in [0.05, 0.1) is 11.3 Å². The van der Waals surface area contributed by atoms with Crippen LogP contribution in [0.2, 0.25) is 5.02 Å². The lowest BCUT2D eigenvalue weighted by Gasteiger charge is -2.26. The molecule has 1 aromatic heterocycles. The highest BCUT2D eigenvalue weighted by molar-refractivity contribution is 6.31. The highest BCUT2D eigenvalue weighted by atomic mass is 35.5. The van der Waals surface area contributed by atoms with Gasteiger partial charge in [0, 0.05) is 22.6 Å². The Balaban J connectivity index is 1.78. The molecule has 0 fully saturated rings. The van der Waals surface area contributed by atoms with E-state index in [1.54, 1.807) is 17.2 Å². The van der Waals surface area contributed by atoms with Gasteiger partial charge in [0.25, 0.3) is 5.91 Å². The molecule has 25 heavy (non-hydrogen) atoms. The average molecular weight is 350 g/mol. The molecule has 0 saturated heterocycles. The Morgan fingerprint density at radius 1 is 1.08 bits per heavy atom. The van der Waals surface area contributed by atoms with Crippen molar-refractivity contribution in [2.24, 2.45) is 0 Å². The SMILES string of the molecule is Cc1ccc(N[C@H]2c3ncccc3C(=O)N2c2ccccc2)cc1Cl. The molecule has 0 aliphatic carbocycles. The van der Waals surface area contributed by atoms with E-state index in [2.05, 4.69) is 10.3 Å². The van der Waals surface area contributed by atoms with Gasteiger partial charge in [-0.15, -0.1) is 0 Å². The van der Waals surface area contributed by atoms with Gasteiger partial charge in [-0.25, -0.2) is 0 Å². The van der Waals surface area contributed by atoms with Crippen molar-refractivity contribution in [1.29, 1.82) is 0 Å². The molecule has 1 amide bonds. The minimum atomic E-state index is -0.384.